The van der Waals surface area contributed by atoms with Gasteiger partial charge in [-0.25, -0.2) is 4.79 Å². The number of carboxylic acids is 1. The number of alkyl halides is 3. The second-order valence-electron chi connectivity index (χ2n) is 8.13. The zero-order valence-electron chi connectivity index (χ0n) is 18.2. The molecule has 0 radical (unpaired) electrons. The number of amides is 1. The van der Waals surface area contributed by atoms with Crippen molar-refractivity contribution in [1.29, 1.82) is 0 Å². The summed E-state index contributed by atoms with van der Waals surface area (Å²) in [5.74, 6) is -2.63. The van der Waals surface area contributed by atoms with Gasteiger partial charge in [0.15, 0.2) is 0 Å². The summed E-state index contributed by atoms with van der Waals surface area (Å²) in [6.07, 6.45) is 0.427. The van der Waals surface area contributed by atoms with Crippen LogP contribution >= 0.6 is 11.3 Å². The molecule has 0 aromatic carbocycles. The van der Waals surface area contributed by atoms with Crippen molar-refractivity contribution in [2.24, 2.45) is 0 Å². The molecule has 0 saturated carbocycles. The summed E-state index contributed by atoms with van der Waals surface area (Å²) in [6, 6.07) is 5.95. The highest BCUT2D eigenvalue weighted by atomic mass is 32.1. The first kappa shape index (κ1) is 25.1. The molecule has 180 valence electrons. The van der Waals surface area contributed by atoms with E-state index >= 15 is 0 Å². The minimum absolute atomic E-state index is 0.125. The Morgan fingerprint density at radius 2 is 1.94 bits per heavy atom. The molecule has 2 saturated heterocycles. The van der Waals surface area contributed by atoms with Gasteiger partial charge in [0.2, 0.25) is 0 Å². The van der Waals surface area contributed by atoms with E-state index in [1.165, 1.54) is 10.4 Å². The van der Waals surface area contributed by atoms with E-state index in [4.69, 9.17) is 19.4 Å². The average molecular weight is 487 g/mol. The van der Waals surface area contributed by atoms with E-state index in [-0.39, 0.29) is 17.6 Å². The van der Waals surface area contributed by atoms with Crippen molar-refractivity contribution in [3.05, 3.63) is 51.5 Å². The molecule has 1 atom stereocenters. The molecule has 11 heteroatoms. The van der Waals surface area contributed by atoms with E-state index in [2.05, 4.69) is 18.8 Å². The highest BCUT2D eigenvalue weighted by Gasteiger charge is 2.50. The first-order chi connectivity index (χ1) is 15.5. The Kier molecular flexibility index (Phi) is 7.76. The van der Waals surface area contributed by atoms with Gasteiger partial charge in [-0.1, -0.05) is 0 Å². The molecule has 1 amide bonds. The molecular formula is C22H25F3N2O5S. The van der Waals surface area contributed by atoms with E-state index in [1.807, 2.05) is 23.1 Å². The number of rotatable bonds is 4. The molecule has 7 nitrogen and oxygen atoms in total. The number of hydrogen-bond donors (Lipinski definition) is 1. The number of aromatic nitrogens is 1. The van der Waals surface area contributed by atoms with Crippen LogP contribution in [0.25, 0.3) is 0 Å². The molecule has 0 aliphatic carbocycles. The number of aliphatic carboxylic acids is 1. The minimum Gasteiger partial charge on any atom is -0.475 e. The van der Waals surface area contributed by atoms with E-state index < -0.39 is 12.1 Å². The van der Waals surface area contributed by atoms with Crippen molar-refractivity contribution in [1.82, 2.24) is 9.88 Å². The molecule has 4 rings (SSSR count). The van der Waals surface area contributed by atoms with Gasteiger partial charge in [-0.2, -0.15) is 13.2 Å². The predicted molar refractivity (Wildman–Crippen MR) is 114 cm³/mol. The number of pyridine rings is 1. The molecule has 0 bridgehead atoms. The van der Waals surface area contributed by atoms with Crippen LogP contribution in [0.4, 0.5) is 13.2 Å². The molecule has 1 spiro atoms. The van der Waals surface area contributed by atoms with Gasteiger partial charge in [-0.3, -0.25) is 9.78 Å². The van der Waals surface area contributed by atoms with Crippen molar-refractivity contribution in [2.75, 3.05) is 19.7 Å². The van der Waals surface area contributed by atoms with Crippen LogP contribution in [0.15, 0.2) is 30.6 Å². The Bertz CT molecular complexity index is 955. The van der Waals surface area contributed by atoms with Crippen molar-refractivity contribution >= 4 is 23.2 Å². The lowest BCUT2D eigenvalue weighted by Crippen LogP contribution is -2.67. The molecule has 2 aromatic heterocycles. The lowest BCUT2D eigenvalue weighted by Gasteiger charge is -2.52. The number of carbonyl (C=O) groups excluding carboxylic acids is 1. The number of hydrogen-bond acceptors (Lipinski definition) is 6. The number of likely N-dealkylation sites (tertiary alicyclic amines) is 1. The molecule has 2 aliphatic heterocycles. The number of carboxylic acid groups (broad SMARTS) is 1. The Morgan fingerprint density at radius 3 is 2.48 bits per heavy atom. The fraction of sp³-hybridized carbons (Fsp3) is 0.500. The van der Waals surface area contributed by atoms with Gasteiger partial charge < -0.3 is 19.5 Å². The summed E-state index contributed by atoms with van der Waals surface area (Å²) < 4.78 is 43.9. The Morgan fingerprint density at radius 1 is 1.30 bits per heavy atom. The summed E-state index contributed by atoms with van der Waals surface area (Å²) in [4.78, 5) is 29.5. The summed E-state index contributed by atoms with van der Waals surface area (Å²) >= 11 is 1.58. The van der Waals surface area contributed by atoms with Crippen molar-refractivity contribution in [3.8, 4) is 0 Å². The van der Waals surface area contributed by atoms with Crippen molar-refractivity contribution < 1.29 is 37.3 Å². The van der Waals surface area contributed by atoms with Gasteiger partial charge in [-0.05, 0) is 49.6 Å². The van der Waals surface area contributed by atoms with Crippen LogP contribution in [-0.2, 0) is 20.9 Å². The summed E-state index contributed by atoms with van der Waals surface area (Å²) in [6.45, 7) is 6.73. The first-order valence-corrected chi connectivity index (χ1v) is 11.1. The van der Waals surface area contributed by atoms with E-state index in [0.29, 0.717) is 26.3 Å². The van der Waals surface area contributed by atoms with Crippen molar-refractivity contribution in [3.63, 3.8) is 0 Å². The SMILES string of the molecule is Cc1cc(C(=O)N2CC3(CC(OCc4ccncc4)CCO3)C2)sc1C.O=C(O)C(F)(F)F. The second-order valence-corrected chi connectivity index (χ2v) is 9.38. The van der Waals surface area contributed by atoms with Gasteiger partial charge in [0.1, 0.15) is 5.60 Å². The van der Waals surface area contributed by atoms with Crippen LogP contribution in [0.5, 0.6) is 0 Å². The Hall–Kier alpha value is -2.50. The lowest BCUT2D eigenvalue weighted by molar-refractivity contribution is -0.192. The second kappa shape index (κ2) is 10.2. The topological polar surface area (TPSA) is 89.0 Å². The fourth-order valence-electron chi connectivity index (χ4n) is 3.67. The molecule has 2 aliphatic rings. The lowest BCUT2D eigenvalue weighted by atomic mass is 9.84. The molecule has 1 N–H and O–H groups in total. The number of aryl methyl sites for hydroxylation is 2. The normalized spacial score (nSPS) is 19.4. The molecule has 2 fully saturated rings. The largest absolute Gasteiger partial charge is 0.490 e. The van der Waals surface area contributed by atoms with Crippen LogP contribution in [0.2, 0.25) is 0 Å². The fourth-order valence-corrected chi connectivity index (χ4v) is 4.67. The van der Waals surface area contributed by atoms with E-state index in [1.54, 1.807) is 23.7 Å². The van der Waals surface area contributed by atoms with Gasteiger partial charge in [0.25, 0.3) is 5.91 Å². The molecule has 4 heterocycles. The van der Waals surface area contributed by atoms with Gasteiger partial charge in [0.05, 0.1) is 30.7 Å². The van der Waals surface area contributed by atoms with Crippen LogP contribution in [0.1, 0.15) is 38.5 Å². The maximum absolute atomic E-state index is 12.7. The third-order valence-corrected chi connectivity index (χ3v) is 6.69. The summed E-state index contributed by atoms with van der Waals surface area (Å²) in [5, 5.41) is 7.12. The number of nitrogens with zero attached hydrogens (tertiary/aromatic N) is 2. The van der Waals surface area contributed by atoms with Crippen LogP contribution in [0.3, 0.4) is 0 Å². The van der Waals surface area contributed by atoms with E-state index in [9.17, 15) is 18.0 Å². The molecule has 1 unspecified atom stereocenters. The highest BCUT2D eigenvalue weighted by Crippen LogP contribution is 2.37. The Labute approximate surface area is 193 Å². The number of ether oxygens (including phenoxy) is 2. The minimum atomic E-state index is -5.08. The maximum atomic E-state index is 12.7. The zero-order chi connectivity index (χ0) is 24.2. The van der Waals surface area contributed by atoms with Crippen LogP contribution in [-0.4, -0.2) is 64.4 Å². The number of carbonyl (C=O) groups is 2. The molecular weight excluding hydrogens is 461 g/mol. The van der Waals surface area contributed by atoms with Gasteiger partial charge >= 0.3 is 12.1 Å². The summed E-state index contributed by atoms with van der Waals surface area (Å²) in [5.41, 5.74) is 2.10. The van der Waals surface area contributed by atoms with E-state index in [0.717, 1.165) is 23.3 Å². The monoisotopic (exact) mass is 486 g/mol. The smallest absolute Gasteiger partial charge is 0.475 e. The number of halogens is 3. The predicted octanol–water partition coefficient (Wildman–Crippen LogP) is 3.98. The average Bonchev–Trinajstić information content (AvgIpc) is 3.09. The van der Waals surface area contributed by atoms with Crippen molar-refractivity contribution in [2.45, 2.75) is 51.2 Å². The van der Waals surface area contributed by atoms with Gasteiger partial charge in [0, 0.05) is 30.3 Å². The third kappa shape index (κ3) is 6.52. The Balaban J connectivity index is 0.000000383. The third-order valence-electron chi connectivity index (χ3n) is 5.55. The molecule has 33 heavy (non-hydrogen) atoms. The quantitative estimate of drug-likeness (QED) is 0.703. The van der Waals surface area contributed by atoms with Crippen LogP contribution < -0.4 is 0 Å². The van der Waals surface area contributed by atoms with Gasteiger partial charge in [-0.15, -0.1) is 11.3 Å². The standard InChI is InChI=1S/C20H24N2O3S.C2HF3O2/c1-14-9-18(26-15(14)2)19(23)22-12-20(13-22)10-17(5-8-25-20)24-11-16-3-6-21-7-4-16;3-2(4,5)1(6)7/h3-4,6-7,9,17H,5,8,10-13H2,1-2H3;(H,6,7). The maximum Gasteiger partial charge on any atom is 0.490 e. The first-order valence-electron chi connectivity index (χ1n) is 10.3. The highest BCUT2D eigenvalue weighted by molar-refractivity contribution is 7.14. The zero-order valence-corrected chi connectivity index (χ0v) is 19.0. The van der Waals surface area contributed by atoms with Crippen LogP contribution in [0, 0.1) is 13.8 Å². The number of thiophene rings is 1. The summed E-state index contributed by atoms with van der Waals surface area (Å²) in [7, 11) is 0. The molecule has 2 aromatic rings.